The molecule has 0 amide bonds. The van der Waals surface area contributed by atoms with Crippen molar-refractivity contribution in [3.05, 3.63) is 34.4 Å². The average molecular weight is 339 g/mol. The number of ether oxygens (including phenoxy) is 1. The van der Waals surface area contributed by atoms with Gasteiger partial charge in [0.05, 0.1) is 17.3 Å². The molecule has 1 heterocycles. The van der Waals surface area contributed by atoms with Crippen LogP contribution in [0.5, 0.6) is 5.75 Å². The van der Waals surface area contributed by atoms with Gasteiger partial charge in [0.1, 0.15) is 23.2 Å². The number of methoxy groups -OCH3 is 1. The van der Waals surface area contributed by atoms with E-state index in [1.165, 1.54) is 25.4 Å². The predicted molar refractivity (Wildman–Crippen MR) is 72.0 cm³/mol. The fourth-order valence-electron chi connectivity index (χ4n) is 1.37. The number of rotatable bonds is 4. The molecule has 0 bridgehead atoms. The predicted octanol–water partition coefficient (Wildman–Crippen LogP) is 2.09. The fraction of sp³-hybridized carbons (Fsp3) is 0.0909. The lowest BCUT2D eigenvalue weighted by Crippen LogP contribution is -1.97. The number of H-pyrrole nitrogens is 1. The number of allylic oxidation sites excluding steroid dienone is 1. The topological polar surface area (TPSA) is 99.5 Å². The first-order chi connectivity index (χ1) is 9.65. The Balaban J connectivity index is 2.28. The Morgan fingerprint density at radius 1 is 1.60 bits per heavy atom. The van der Waals surface area contributed by atoms with Crippen LogP contribution >= 0.6 is 15.9 Å². The van der Waals surface area contributed by atoms with Gasteiger partial charge < -0.3 is 10.1 Å². The monoisotopic (exact) mass is 338 g/mol. The van der Waals surface area contributed by atoms with E-state index in [-0.39, 0.29) is 17.1 Å². The molecule has 9 heteroatoms. The zero-order chi connectivity index (χ0) is 14.5. The highest BCUT2D eigenvalue weighted by Crippen LogP contribution is 2.30. The van der Waals surface area contributed by atoms with Gasteiger partial charge >= 0.3 is 0 Å². The molecule has 2 aromatic rings. The van der Waals surface area contributed by atoms with Crippen molar-refractivity contribution in [1.82, 2.24) is 20.6 Å². The summed E-state index contributed by atoms with van der Waals surface area (Å²) < 4.78 is 19.3. The van der Waals surface area contributed by atoms with Gasteiger partial charge in [-0.05, 0) is 27.2 Å². The molecule has 0 fully saturated rings. The maximum Gasteiger partial charge on any atom is 0.216 e. The molecule has 0 saturated heterocycles. The molecule has 0 atom stereocenters. The summed E-state index contributed by atoms with van der Waals surface area (Å²) in [6.07, 6.45) is 1.29. The minimum absolute atomic E-state index is 0.111. The van der Waals surface area contributed by atoms with Crippen molar-refractivity contribution in [2.24, 2.45) is 0 Å². The minimum Gasteiger partial charge on any atom is -0.495 e. The van der Waals surface area contributed by atoms with Gasteiger partial charge in [-0.25, -0.2) is 4.39 Å². The van der Waals surface area contributed by atoms with Crippen LogP contribution in [0.15, 0.2) is 22.8 Å². The average Bonchev–Trinajstić information content (AvgIpc) is 2.95. The molecule has 0 radical (unpaired) electrons. The number of halogens is 2. The van der Waals surface area contributed by atoms with E-state index < -0.39 is 5.82 Å². The number of nitrogens with one attached hydrogen (secondary N) is 2. The normalized spacial score (nSPS) is 11.0. The smallest absolute Gasteiger partial charge is 0.216 e. The van der Waals surface area contributed by atoms with Crippen molar-refractivity contribution in [1.29, 1.82) is 5.26 Å². The van der Waals surface area contributed by atoms with E-state index in [4.69, 9.17) is 10.00 Å². The van der Waals surface area contributed by atoms with Crippen molar-refractivity contribution >= 4 is 27.2 Å². The van der Waals surface area contributed by atoms with Crippen LogP contribution in [0.1, 0.15) is 5.82 Å². The number of nitriles is 1. The lowest BCUT2D eigenvalue weighted by atomic mass is 10.2. The van der Waals surface area contributed by atoms with Crippen LogP contribution in [0, 0.1) is 17.1 Å². The summed E-state index contributed by atoms with van der Waals surface area (Å²) in [4.78, 5) is 0. The first-order valence-corrected chi connectivity index (χ1v) is 6.08. The van der Waals surface area contributed by atoms with Crippen molar-refractivity contribution in [2.45, 2.75) is 0 Å². The van der Waals surface area contributed by atoms with Crippen LogP contribution in [-0.2, 0) is 0 Å². The first-order valence-electron chi connectivity index (χ1n) is 5.29. The molecule has 0 aliphatic carbocycles. The van der Waals surface area contributed by atoms with E-state index in [2.05, 4.69) is 41.9 Å². The number of hydrogen-bond acceptors (Lipinski definition) is 6. The summed E-state index contributed by atoms with van der Waals surface area (Å²) in [6.45, 7) is 0. The molecular formula is C11H8BrFN6O. The maximum absolute atomic E-state index is 13.8. The van der Waals surface area contributed by atoms with E-state index in [1.807, 2.05) is 6.07 Å². The summed E-state index contributed by atoms with van der Waals surface area (Å²) in [5, 5.41) is 24.6. The Kier molecular flexibility index (Phi) is 4.27. The van der Waals surface area contributed by atoms with Gasteiger partial charge in [-0.15, -0.1) is 10.2 Å². The molecule has 1 aromatic heterocycles. The fourth-order valence-corrected chi connectivity index (χ4v) is 1.85. The number of tetrazole rings is 1. The number of aromatic amines is 1. The Labute approximate surface area is 121 Å². The van der Waals surface area contributed by atoms with Crippen LogP contribution < -0.4 is 10.1 Å². The van der Waals surface area contributed by atoms with E-state index in [0.717, 1.165) is 0 Å². The van der Waals surface area contributed by atoms with Crippen molar-refractivity contribution in [3.63, 3.8) is 0 Å². The van der Waals surface area contributed by atoms with Gasteiger partial charge in [-0.1, -0.05) is 0 Å². The Hall–Kier alpha value is -2.47. The first kappa shape index (κ1) is 14.0. The lowest BCUT2D eigenvalue weighted by Gasteiger charge is -2.08. The standard InChI is InChI=1S/C11H8BrFN6O/c1-20-10-3-9(8(13)2-7(10)12)15-5-6(4-14)11-16-18-19-17-11/h2-3,5,15H,1H3,(H,16,17,18,19). The Morgan fingerprint density at radius 2 is 2.40 bits per heavy atom. The quantitative estimate of drug-likeness (QED) is 0.828. The van der Waals surface area contributed by atoms with Gasteiger partial charge in [0.15, 0.2) is 0 Å². The third kappa shape index (κ3) is 2.92. The molecule has 0 aliphatic heterocycles. The number of benzene rings is 1. The van der Waals surface area contributed by atoms with E-state index >= 15 is 0 Å². The van der Waals surface area contributed by atoms with Crippen LogP contribution in [0.25, 0.3) is 5.57 Å². The van der Waals surface area contributed by atoms with Crippen LogP contribution in [-0.4, -0.2) is 27.7 Å². The lowest BCUT2D eigenvalue weighted by molar-refractivity contribution is 0.411. The van der Waals surface area contributed by atoms with Crippen LogP contribution in [0.4, 0.5) is 10.1 Å². The Morgan fingerprint density at radius 3 is 3.00 bits per heavy atom. The van der Waals surface area contributed by atoms with Gasteiger partial charge in [0.25, 0.3) is 0 Å². The molecule has 1 aromatic carbocycles. The second-order valence-electron chi connectivity index (χ2n) is 3.52. The van der Waals surface area contributed by atoms with E-state index in [0.29, 0.717) is 10.2 Å². The van der Waals surface area contributed by atoms with Crippen molar-refractivity contribution in [2.75, 3.05) is 12.4 Å². The molecule has 20 heavy (non-hydrogen) atoms. The highest BCUT2D eigenvalue weighted by atomic mass is 79.9. The number of anilines is 1. The summed E-state index contributed by atoms with van der Waals surface area (Å²) in [7, 11) is 1.47. The highest BCUT2D eigenvalue weighted by Gasteiger charge is 2.10. The molecule has 2 N–H and O–H groups in total. The third-order valence-corrected chi connectivity index (χ3v) is 2.94. The maximum atomic E-state index is 13.8. The molecule has 0 aliphatic rings. The Bertz CT molecular complexity index is 679. The van der Waals surface area contributed by atoms with Gasteiger partial charge in [-0.3, -0.25) is 0 Å². The van der Waals surface area contributed by atoms with Gasteiger partial charge in [0.2, 0.25) is 5.82 Å². The third-order valence-electron chi connectivity index (χ3n) is 2.32. The number of hydrogen-bond donors (Lipinski definition) is 2. The van der Waals surface area contributed by atoms with Crippen LogP contribution in [0.3, 0.4) is 0 Å². The largest absolute Gasteiger partial charge is 0.495 e. The van der Waals surface area contributed by atoms with Crippen LogP contribution in [0.2, 0.25) is 0 Å². The van der Waals surface area contributed by atoms with E-state index in [9.17, 15) is 4.39 Å². The second-order valence-corrected chi connectivity index (χ2v) is 4.37. The SMILES string of the molecule is COc1cc(NC=C(C#N)c2nn[nH]n2)c(F)cc1Br. The number of aromatic nitrogens is 4. The molecule has 0 saturated carbocycles. The molecule has 0 unspecified atom stereocenters. The summed E-state index contributed by atoms with van der Waals surface area (Å²) >= 11 is 3.17. The zero-order valence-corrected chi connectivity index (χ0v) is 11.8. The molecule has 102 valence electrons. The summed E-state index contributed by atoms with van der Waals surface area (Å²) in [5.41, 5.74) is 0.265. The summed E-state index contributed by atoms with van der Waals surface area (Å²) in [6, 6.07) is 4.60. The molecule has 2 rings (SSSR count). The molecule has 0 spiro atoms. The molecule has 7 nitrogen and oxygen atoms in total. The highest BCUT2D eigenvalue weighted by molar-refractivity contribution is 9.10. The summed E-state index contributed by atoms with van der Waals surface area (Å²) in [5.74, 6) is 0.0733. The molecular weight excluding hydrogens is 331 g/mol. The van der Waals surface area contributed by atoms with Crippen molar-refractivity contribution < 1.29 is 9.13 Å². The van der Waals surface area contributed by atoms with Crippen molar-refractivity contribution in [3.8, 4) is 11.8 Å². The van der Waals surface area contributed by atoms with Gasteiger partial charge in [-0.2, -0.15) is 10.5 Å². The minimum atomic E-state index is -0.501. The second kappa shape index (κ2) is 6.12. The zero-order valence-electron chi connectivity index (χ0n) is 10.2. The number of nitrogens with zero attached hydrogens (tertiary/aromatic N) is 4. The van der Waals surface area contributed by atoms with E-state index in [1.54, 1.807) is 0 Å². The van der Waals surface area contributed by atoms with Gasteiger partial charge in [0, 0.05) is 12.3 Å².